The maximum absolute atomic E-state index is 2.34. The van der Waals surface area contributed by atoms with Crippen molar-refractivity contribution in [1.82, 2.24) is 0 Å². The van der Waals surface area contributed by atoms with E-state index in [0.29, 0.717) is 0 Å². The van der Waals surface area contributed by atoms with Gasteiger partial charge in [0.15, 0.2) is 0 Å². The zero-order valence-electron chi connectivity index (χ0n) is 42.6. The van der Waals surface area contributed by atoms with Crippen molar-refractivity contribution in [1.29, 1.82) is 0 Å². The normalized spacial score (nSPS) is 12.0. The van der Waals surface area contributed by atoms with Crippen LogP contribution in [-0.4, -0.2) is 30.7 Å². The monoisotopic (exact) mass is 831 g/mol. The fourth-order valence-corrected chi connectivity index (χ4v) is 10.2. The maximum atomic E-state index is 2.34. The average Bonchev–Trinajstić information content (AvgIpc) is 3.24. The Balaban J connectivity index is 4.90. The van der Waals surface area contributed by atoms with Gasteiger partial charge in [0.1, 0.15) is 0 Å². The molecular weight excluding hydrogens is 711 g/mol. The molecule has 0 atom stereocenters. The molecule has 0 radical (unpaired) electrons. The molecule has 0 N–H and O–H groups in total. The highest BCUT2D eigenvalue weighted by atomic mass is 15.3. The SMILES string of the molecule is CCCCCCCCCCCCCCC[N+](CCCCCCCCCCCCC)(CCCCCCCCCCCCCCC)CCCCCCCCCCCCCCC. The molecule has 0 amide bonds. The third-order valence-corrected chi connectivity index (χ3v) is 14.4. The van der Waals surface area contributed by atoms with Gasteiger partial charge in [0.05, 0.1) is 26.2 Å². The van der Waals surface area contributed by atoms with Gasteiger partial charge in [-0.25, -0.2) is 0 Å². The van der Waals surface area contributed by atoms with E-state index in [1.165, 1.54) is 352 Å². The Morgan fingerprint density at radius 2 is 0.237 bits per heavy atom. The van der Waals surface area contributed by atoms with Crippen LogP contribution in [0.2, 0.25) is 0 Å². The van der Waals surface area contributed by atoms with Gasteiger partial charge in [0.25, 0.3) is 0 Å². The van der Waals surface area contributed by atoms with Crippen LogP contribution in [0.4, 0.5) is 0 Å². The number of hydrogen-bond donors (Lipinski definition) is 0. The molecule has 0 aliphatic heterocycles. The number of nitrogens with zero attached hydrogens (tertiary/aromatic N) is 1. The van der Waals surface area contributed by atoms with Crippen LogP contribution in [0.1, 0.15) is 349 Å². The van der Waals surface area contributed by atoms with Crippen LogP contribution in [0.3, 0.4) is 0 Å². The third kappa shape index (κ3) is 47.3. The zero-order chi connectivity index (χ0) is 42.7. The molecule has 0 heterocycles. The molecule has 0 bridgehead atoms. The first-order valence-corrected chi connectivity index (χ1v) is 29.1. The van der Waals surface area contributed by atoms with Crippen molar-refractivity contribution in [3.63, 3.8) is 0 Å². The van der Waals surface area contributed by atoms with Crippen LogP contribution >= 0.6 is 0 Å². The van der Waals surface area contributed by atoms with Gasteiger partial charge in [-0.1, -0.05) is 297 Å². The molecule has 1 heteroatoms. The van der Waals surface area contributed by atoms with E-state index in [1.54, 1.807) is 0 Å². The number of quaternary nitrogens is 1. The van der Waals surface area contributed by atoms with Crippen LogP contribution in [0.5, 0.6) is 0 Å². The quantitative estimate of drug-likeness (QED) is 0.0423. The van der Waals surface area contributed by atoms with Crippen molar-refractivity contribution < 1.29 is 4.48 Å². The summed E-state index contributed by atoms with van der Waals surface area (Å²) >= 11 is 0. The van der Waals surface area contributed by atoms with E-state index in [0.717, 1.165) is 0 Å². The predicted octanol–water partition coefficient (Wildman–Crippen LogP) is 21.4. The van der Waals surface area contributed by atoms with Gasteiger partial charge in [-0.2, -0.15) is 0 Å². The minimum Gasteiger partial charge on any atom is -0.324 e. The van der Waals surface area contributed by atoms with Crippen molar-refractivity contribution >= 4 is 0 Å². The Hall–Kier alpha value is -0.0400. The molecule has 0 spiro atoms. The van der Waals surface area contributed by atoms with Crippen LogP contribution in [-0.2, 0) is 0 Å². The van der Waals surface area contributed by atoms with E-state index in [4.69, 9.17) is 0 Å². The molecule has 0 rings (SSSR count). The Kier molecular flexibility index (Phi) is 52.3. The van der Waals surface area contributed by atoms with Crippen molar-refractivity contribution in [3.8, 4) is 0 Å². The second-order valence-corrected chi connectivity index (χ2v) is 20.5. The second kappa shape index (κ2) is 52.3. The fourth-order valence-electron chi connectivity index (χ4n) is 10.2. The smallest absolute Gasteiger partial charge is 0.0786 e. The molecule has 0 saturated carbocycles. The van der Waals surface area contributed by atoms with E-state index in [-0.39, 0.29) is 0 Å². The van der Waals surface area contributed by atoms with Gasteiger partial charge < -0.3 is 4.48 Å². The average molecular weight is 832 g/mol. The first-order valence-electron chi connectivity index (χ1n) is 29.1. The van der Waals surface area contributed by atoms with Gasteiger partial charge >= 0.3 is 0 Å². The Morgan fingerprint density at radius 1 is 0.136 bits per heavy atom. The Morgan fingerprint density at radius 3 is 0.356 bits per heavy atom. The highest BCUT2D eigenvalue weighted by Gasteiger charge is 2.25. The summed E-state index contributed by atoms with van der Waals surface area (Å²) in [5.41, 5.74) is 0. The molecule has 356 valence electrons. The number of unbranched alkanes of at least 4 members (excludes halogenated alkanes) is 46. The van der Waals surface area contributed by atoms with E-state index in [9.17, 15) is 0 Å². The standard InChI is InChI=1S/C58H120N/c1-5-9-13-17-21-25-29-32-36-40-44-48-52-56-59(55-51-47-43-39-35-28-24-20-16-12-8-4,57-53-49-45-41-37-33-30-26-22-18-14-10-6-2)58-54-50-46-42-38-34-31-27-23-19-15-11-7-3/h5-58H2,1-4H3/q+1. The Bertz CT molecular complexity index is 640. The highest BCUT2D eigenvalue weighted by Crippen LogP contribution is 2.22. The topological polar surface area (TPSA) is 0 Å². The number of hydrogen-bond acceptors (Lipinski definition) is 0. The lowest BCUT2D eigenvalue weighted by atomic mass is 10.0. The summed E-state index contributed by atoms with van der Waals surface area (Å²) in [6, 6.07) is 0. The summed E-state index contributed by atoms with van der Waals surface area (Å²) in [5, 5.41) is 0. The minimum atomic E-state index is 1.37. The fraction of sp³-hybridized carbons (Fsp3) is 1.00. The first-order chi connectivity index (χ1) is 29.2. The molecule has 0 fully saturated rings. The molecule has 0 aromatic rings. The van der Waals surface area contributed by atoms with Crippen LogP contribution in [0.25, 0.3) is 0 Å². The highest BCUT2D eigenvalue weighted by molar-refractivity contribution is 4.57. The first kappa shape index (κ1) is 59.0. The molecule has 0 saturated heterocycles. The molecule has 0 aromatic carbocycles. The molecule has 0 aliphatic carbocycles. The summed E-state index contributed by atoms with van der Waals surface area (Å²) in [6.07, 6.45) is 73.7. The third-order valence-electron chi connectivity index (χ3n) is 14.4. The van der Waals surface area contributed by atoms with Gasteiger partial charge in [0, 0.05) is 0 Å². The van der Waals surface area contributed by atoms with E-state index in [2.05, 4.69) is 27.7 Å². The van der Waals surface area contributed by atoms with E-state index >= 15 is 0 Å². The molecular formula is C58H120N+. The maximum Gasteiger partial charge on any atom is 0.0786 e. The Labute approximate surface area is 378 Å². The minimum absolute atomic E-state index is 1.37. The lowest BCUT2D eigenvalue weighted by Gasteiger charge is -2.40. The van der Waals surface area contributed by atoms with Crippen molar-refractivity contribution in [2.75, 3.05) is 26.2 Å². The van der Waals surface area contributed by atoms with E-state index < -0.39 is 0 Å². The molecule has 59 heavy (non-hydrogen) atoms. The molecule has 0 unspecified atom stereocenters. The lowest BCUT2D eigenvalue weighted by molar-refractivity contribution is -0.929. The summed E-state index contributed by atoms with van der Waals surface area (Å²) in [5.74, 6) is 0. The number of rotatable bonds is 54. The van der Waals surface area contributed by atoms with Crippen molar-refractivity contribution in [2.45, 2.75) is 349 Å². The second-order valence-electron chi connectivity index (χ2n) is 20.5. The van der Waals surface area contributed by atoms with Crippen molar-refractivity contribution in [3.05, 3.63) is 0 Å². The van der Waals surface area contributed by atoms with Crippen LogP contribution in [0.15, 0.2) is 0 Å². The summed E-state index contributed by atoms with van der Waals surface area (Å²) in [7, 11) is 0. The summed E-state index contributed by atoms with van der Waals surface area (Å²) < 4.78 is 1.49. The van der Waals surface area contributed by atoms with Crippen molar-refractivity contribution in [2.24, 2.45) is 0 Å². The van der Waals surface area contributed by atoms with E-state index in [1.807, 2.05) is 0 Å². The summed E-state index contributed by atoms with van der Waals surface area (Å²) in [6.45, 7) is 15.3. The molecule has 0 aliphatic rings. The molecule has 0 aromatic heterocycles. The largest absolute Gasteiger partial charge is 0.324 e. The molecule has 1 nitrogen and oxygen atoms in total. The predicted molar refractivity (Wildman–Crippen MR) is 273 cm³/mol. The van der Waals surface area contributed by atoms with Gasteiger partial charge in [-0.05, 0) is 51.4 Å². The van der Waals surface area contributed by atoms with Gasteiger partial charge in [-0.3, -0.25) is 0 Å². The van der Waals surface area contributed by atoms with Gasteiger partial charge in [0.2, 0.25) is 0 Å². The van der Waals surface area contributed by atoms with Gasteiger partial charge in [-0.15, -0.1) is 0 Å². The summed E-state index contributed by atoms with van der Waals surface area (Å²) in [4.78, 5) is 0. The zero-order valence-corrected chi connectivity index (χ0v) is 42.6. The van der Waals surface area contributed by atoms with Crippen LogP contribution < -0.4 is 0 Å². The lowest BCUT2D eigenvalue weighted by Crippen LogP contribution is -2.50. The van der Waals surface area contributed by atoms with Crippen LogP contribution in [0, 0.1) is 0 Å².